The molecule has 0 heterocycles. The molecule has 2 aromatic rings. The van der Waals surface area contributed by atoms with Crippen molar-refractivity contribution in [3.05, 3.63) is 36.4 Å². The number of phenolic OH excluding ortho intramolecular Hbond substituents is 1. The van der Waals surface area contributed by atoms with E-state index in [-0.39, 0.29) is 0 Å². The van der Waals surface area contributed by atoms with Crippen LogP contribution in [0, 0.1) is 0 Å². The van der Waals surface area contributed by atoms with Crippen molar-refractivity contribution in [2.24, 2.45) is 0 Å². The molecule has 2 heteroatoms. The molecule has 0 aromatic heterocycles. The fraction of sp³-hybridized carbons (Fsp3) is 0.0909. The summed E-state index contributed by atoms with van der Waals surface area (Å²) in [6.45, 7) is 0. The summed E-state index contributed by atoms with van der Waals surface area (Å²) in [5.74, 6) is 0.322. The summed E-state index contributed by atoms with van der Waals surface area (Å²) < 4.78 is 0. The van der Waals surface area contributed by atoms with Gasteiger partial charge in [-0.15, -0.1) is 0 Å². The summed E-state index contributed by atoms with van der Waals surface area (Å²) in [5, 5.41) is 14.6. The van der Waals surface area contributed by atoms with E-state index in [4.69, 9.17) is 0 Å². The van der Waals surface area contributed by atoms with Crippen LogP contribution in [-0.2, 0) is 0 Å². The summed E-state index contributed by atoms with van der Waals surface area (Å²) in [6, 6.07) is 11.5. The maximum Gasteiger partial charge on any atom is 0.125 e. The molecule has 0 aliphatic rings. The van der Waals surface area contributed by atoms with Gasteiger partial charge in [-0.3, -0.25) is 0 Å². The lowest BCUT2D eigenvalue weighted by Crippen LogP contribution is -1.87. The molecule has 2 aromatic carbocycles. The van der Waals surface area contributed by atoms with Crippen LogP contribution in [0.15, 0.2) is 36.4 Å². The van der Waals surface area contributed by atoms with Gasteiger partial charge in [0.25, 0.3) is 0 Å². The average molecular weight is 173 g/mol. The van der Waals surface area contributed by atoms with Gasteiger partial charge in [-0.2, -0.15) is 0 Å². The molecule has 0 aliphatic carbocycles. The smallest absolute Gasteiger partial charge is 0.125 e. The van der Waals surface area contributed by atoms with E-state index in [1.165, 1.54) is 0 Å². The van der Waals surface area contributed by atoms with Gasteiger partial charge in [0.2, 0.25) is 0 Å². The van der Waals surface area contributed by atoms with Crippen molar-refractivity contribution < 1.29 is 5.11 Å². The molecule has 13 heavy (non-hydrogen) atoms. The molecular formula is C11H11NO. The fourth-order valence-electron chi connectivity index (χ4n) is 1.43. The highest BCUT2D eigenvalue weighted by molar-refractivity contribution is 5.91. The number of benzene rings is 2. The second-order valence-electron chi connectivity index (χ2n) is 2.97. The van der Waals surface area contributed by atoms with Crippen molar-refractivity contribution in [2.75, 3.05) is 12.4 Å². The minimum Gasteiger partial charge on any atom is -0.507 e. The van der Waals surface area contributed by atoms with Crippen LogP contribution in [-0.4, -0.2) is 12.2 Å². The normalized spacial score (nSPS) is 10.2. The molecule has 0 spiro atoms. The van der Waals surface area contributed by atoms with Gasteiger partial charge in [0.1, 0.15) is 5.75 Å². The van der Waals surface area contributed by atoms with Crippen molar-refractivity contribution >= 4 is 16.5 Å². The maximum atomic E-state index is 9.64. The van der Waals surface area contributed by atoms with Crippen molar-refractivity contribution in [1.29, 1.82) is 0 Å². The van der Waals surface area contributed by atoms with Gasteiger partial charge in [-0.25, -0.2) is 0 Å². The Labute approximate surface area is 76.8 Å². The standard InChI is InChI=1S/C11H11NO/c1-12-9-6-8-4-2-3-5-10(8)11(13)7-9/h2-7,12-13H,1H3. The third-order valence-corrected chi connectivity index (χ3v) is 2.13. The summed E-state index contributed by atoms with van der Waals surface area (Å²) in [7, 11) is 1.84. The Hall–Kier alpha value is -1.70. The second-order valence-corrected chi connectivity index (χ2v) is 2.97. The summed E-state index contributed by atoms with van der Waals surface area (Å²) >= 11 is 0. The van der Waals surface area contributed by atoms with Crippen LogP contribution in [0.5, 0.6) is 5.75 Å². The van der Waals surface area contributed by atoms with Gasteiger partial charge in [-0.1, -0.05) is 24.3 Å². The van der Waals surface area contributed by atoms with E-state index < -0.39 is 0 Å². The second kappa shape index (κ2) is 2.98. The topological polar surface area (TPSA) is 32.3 Å². The molecule has 2 rings (SSSR count). The predicted molar refractivity (Wildman–Crippen MR) is 55.2 cm³/mol. The highest BCUT2D eigenvalue weighted by atomic mass is 16.3. The van der Waals surface area contributed by atoms with E-state index in [1.54, 1.807) is 6.07 Å². The molecule has 0 radical (unpaired) electrons. The van der Waals surface area contributed by atoms with Crippen LogP contribution in [0.25, 0.3) is 10.8 Å². The number of anilines is 1. The summed E-state index contributed by atoms with van der Waals surface area (Å²) in [5.41, 5.74) is 0.927. The SMILES string of the molecule is CNc1cc(O)c2ccccc2c1. The van der Waals surface area contributed by atoms with Gasteiger partial charge < -0.3 is 10.4 Å². The van der Waals surface area contributed by atoms with E-state index in [0.29, 0.717) is 5.75 Å². The van der Waals surface area contributed by atoms with Crippen LogP contribution in [0.3, 0.4) is 0 Å². The first kappa shape index (κ1) is 7.92. The average Bonchev–Trinajstić information content (AvgIpc) is 2.18. The third kappa shape index (κ3) is 1.31. The summed E-state index contributed by atoms with van der Waals surface area (Å²) in [4.78, 5) is 0. The number of hydrogen-bond donors (Lipinski definition) is 2. The van der Waals surface area contributed by atoms with Crippen molar-refractivity contribution in [2.45, 2.75) is 0 Å². The number of phenols is 1. The molecule has 0 amide bonds. The molecule has 0 bridgehead atoms. The molecule has 66 valence electrons. The zero-order valence-electron chi connectivity index (χ0n) is 7.41. The maximum absolute atomic E-state index is 9.64. The zero-order valence-corrected chi connectivity index (χ0v) is 7.41. The minimum atomic E-state index is 0.322. The number of aromatic hydroxyl groups is 1. The van der Waals surface area contributed by atoms with E-state index >= 15 is 0 Å². The quantitative estimate of drug-likeness (QED) is 0.694. The minimum absolute atomic E-state index is 0.322. The number of nitrogens with one attached hydrogen (secondary N) is 1. The Balaban J connectivity index is 2.77. The van der Waals surface area contributed by atoms with Gasteiger partial charge in [0.05, 0.1) is 0 Å². The van der Waals surface area contributed by atoms with E-state index in [9.17, 15) is 5.11 Å². The molecule has 0 fully saturated rings. The lowest BCUT2D eigenvalue weighted by atomic mass is 10.1. The first-order valence-corrected chi connectivity index (χ1v) is 4.21. The highest BCUT2D eigenvalue weighted by Crippen LogP contribution is 2.28. The molecule has 2 N–H and O–H groups in total. The number of hydrogen-bond acceptors (Lipinski definition) is 2. The van der Waals surface area contributed by atoms with Crippen molar-refractivity contribution in [3.63, 3.8) is 0 Å². The molecule has 0 saturated heterocycles. The van der Waals surface area contributed by atoms with E-state index in [0.717, 1.165) is 16.5 Å². The van der Waals surface area contributed by atoms with Gasteiger partial charge >= 0.3 is 0 Å². The van der Waals surface area contributed by atoms with Crippen LogP contribution in [0.2, 0.25) is 0 Å². The molecular weight excluding hydrogens is 162 g/mol. The lowest BCUT2D eigenvalue weighted by molar-refractivity contribution is 0.482. The van der Waals surface area contributed by atoms with Crippen molar-refractivity contribution in [1.82, 2.24) is 0 Å². The number of fused-ring (bicyclic) bond motifs is 1. The van der Waals surface area contributed by atoms with E-state index in [2.05, 4.69) is 5.32 Å². The van der Waals surface area contributed by atoms with Crippen LogP contribution < -0.4 is 5.32 Å². The highest BCUT2D eigenvalue weighted by Gasteiger charge is 2.00. The van der Waals surface area contributed by atoms with Crippen LogP contribution >= 0.6 is 0 Å². The lowest BCUT2D eigenvalue weighted by Gasteiger charge is -2.04. The van der Waals surface area contributed by atoms with Crippen molar-refractivity contribution in [3.8, 4) is 5.75 Å². The fourth-order valence-corrected chi connectivity index (χ4v) is 1.43. The molecule has 0 unspecified atom stereocenters. The zero-order chi connectivity index (χ0) is 9.26. The first-order valence-electron chi connectivity index (χ1n) is 4.21. The predicted octanol–water partition coefficient (Wildman–Crippen LogP) is 2.59. The van der Waals surface area contributed by atoms with Gasteiger partial charge in [0, 0.05) is 24.2 Å². The molecule has 0 aliphatic heterocycles. The Morgan fingerprint density at radius 1 is 1.15 bits per heavy atom. The Bertz CT molecular complexity index is 437. The monoisotopic (exact) mass is 173 g/mol. The summed E-state index contributed by atoms with van der Waals surface area (Å²) in [6.07, 6.45) is 0. The van der Waals surface area contributed by atoms with Crippen LogP contribution in [0.4, 0.5) is 5.69 Å². The molecule has 0 atom stereocenters. The third-order valence-electron chi connectivity index (χ3n) is 2.13. The Morgan fingerprint density at radius 2 is 1.92 bits per heavy atom. The van der Waals surface area contributed by atoms with Gasteiger partial charge in [-0.05, 0) is 11.5 Å². The molecule has 2 nitrogen and oxygen atoms in total. The Morgan fingerprint density at radius 3 is 2.69 bits per heavy atom. The van der Waals surface area contributed by atoms with Gasteiger partial charge in [0.15, 0.2) is 0 Å². The largest absolute Gasteiger partial charge is 0.507 e. The Kier molecular flexibility index (Phi) is 1.81. The first-order chi connectivity index (χ1) is 6.31. The van der Waals surface area contributed by atoms with Crippen LogP contribution in [0.1, 0.15) is 0 Å². The van der Waals surface area contributed by atoms with E-state index in [1.807, 2.05) is 37.4 Å². The molecule has 0 saturated carbocycles. The number of rotatable bonds is 1.